The standard InChI is InChI=1S/C11H22N2.2ClH/c1-10-9-11(5-6-12-10)13-7-3-2-4-8-13;;/h10-12H,2-9H2,1H3;2*1H. The number of halogens is 2. The maximum absolute atomic E-state index is 3.52. The summed E-state index contributed by atoms with van der Waals surface area (Å²) in [5, 5.41) is 3.52. The normalized spacial score (nSPS) is 32.6. The topological polar surface area (TPSA) is 15.3 Å². The van der Waals surface area contributed by atoms with Crippen LogP contribution in [0.25, 0.3) is 0 Å². The summed E-state index contributed by atoms with van der Waals surface area (Å²) in [5.74, 6) is 0. The van der Waals surface area contributed by atoms with Gasteiger partial charge in [0.25, 0.3) is 0 Å². The van der Waals surface area contributed by atoms with Crippen LogP contribution in [0.15, 0.2) is 0 Å². The van der Waals surface area contributed by atoms with E-state index in [0.717, 1.165) is 12.1 Å². The largest absolute Gasteiger partial charge is 0.314 e. The Bertz CT molecular complexity index is 161. The highest BCUT2D eigenvalue weighted by Gasteiger charge is 2.24. The molecule has 2 nitrogen and oxygen atoms in total. The van der Waals surface area contributed by atoms with Crippen molar-refractivity contribution in [2.45, 2.75) is 51.1 Å². The first-order valence-corrected chi connectivity index (χ1v) is 5.83. The Hall–Kier alpha value is 0.500. The van der Waals surface area contributed by atoms with Crippen molar-refractivity contribution in [2.75, 3.05) is 19.6 Å². The number of nitrogens with one attached hydrogen (secondary N) is 1. The van der Waals surface area contributed by atoms with Crippen molar-refractivity contribution in [3.63, 3.8) is 0 Å². The van der Waals surface area contributed by atoms with Crippen LogP contribution in [-0.2, 0) is 0 Å². The molecule has 2 rings (SSSR count). The van der Waals surface area contributed by atoms with Crippen molar-refractivity contribution in [3.05, 3.63) is 0 Å². The molecule has 0 aromatic carbocycles. The lowest BCUT2D eigenvalue weighted by Gasteiger charge is -2.39. The highest BCUT2D eigenvalue weighted by molar-refractivity contribution is 5.85. The minimum Gasteiger partial charge on any atom is -0.314 e. The summed E-state index contributed by atoms with van der Waals surface area (Å²) < 4.78 is 0. The van der Waals surface area contributed by atoms with Gasteiger partial charge in [-0.05, 0) is 52.2 Å². The Balaban J connectivity index is 0.000000980. The van der Waals surface area contributed by atoms with Crippen LogP contribution in [0, 0.1) is 0 Å². The molecule has 2 heterocycles. The van der Waals surface area contributed by atoms with Crippen LogP contribution in [-0.4, -0.2) is 36.6 Å². The Morgan fingerprint density at radius 3 is 2.33 bits per heavy atom. The summed E-state index contributed by atoms with van der Waals surface area (Å²) in [6.45, 7) is 6.26. The predicted octanol–water partition coefficient (Wildman–Crippen LogP) is 2.46. The summed E-state index contributed by atoms with van der Waals surface area (Å²) in [7, 11) is 0. The highest BCUT2D eigenvalue weighted by Crippen LogP contribution is 2.19. The number of likely N-dealkylation sites (tertiary alicyclic amines) is 1. The van der Waals surface area contributed by atoms with Crippen LogP contribution in [0.3, 0.4) is 0 Å². The average molecular weight is 255 g/mol. The van der Waals surface area contributed by atoms with Gasteiger partial charge in [-0.1, -0.05) is 6.42 Å². The SMILES string of the molecule is CC1CC(N2CCCCC2)CCN1.Cl.Cl. The van der Waals surface area contributed by atoms with Crippen LogP contribution in [0.1, 0.15) is 39.0 Å². The second-order valence-electron chi connectivity index (χ2n) is 4.63. The van der Waals surface area contributed by atoms with Gasteiger partial charge in [0, 0.05) is 12.1 Å². The Kier molecular flexibility index (Phi) is 7.98. The third-order valence-corrected chi connectivity index (χ3v) is 3.50. The molecule has 2 aliphatic heterocycles. The van der Waals surface area contributed by atoms with Crippen LogP contribution in [0.5, 0.6) is 0 Å². The third-order valence-electron chi connectivity index (χ3n) is 3.50. The molecule has 1 N–H and O–H groups in total. The molecule has 4 heteroatoms. The van der Waals surface area contributed by atoms with Crippen LogP contribution >= 0.6 is 24.8 Å². The molecule has 2 aliphatic rings. The average Bonchev–Trinajstić information content (AvgIpc) is 2.19. The fourth-order valence-electron chi connectivity index (χ4n) is 2.72. The molecular formula is C11H24Cl2N2. The fraction of sp³-hybridized carbons (Fsp3) is 1.00. The lowest BCUT2D eigenvalue weighted by molar-refractivity contribution is 0.123. The molecule has 92 valence electrons. The van der Waals surface area contributed by atoms with Gasteiger partial charge in [0.1, 0.15) is 0 Å². The van der Waals surface area contributed by atoms with E-state index < -0.39 is 0 Å². The van der Waals surface area contributed by atoms with Gasteiger partial charge >= 0.3 is 0 Å². The highest BCUT2D eigenvalue weighted by atomic mass is 35.5. The maximum Gasteiger partial charge on any atom is 0.0122 e. The maximum atomic E-state index is 3.52. The molecule has 2 saturated heterocycles. The molecule has 0 aromatic rings. The van der Waals surface area contributed by atoms with Gasteiger partial charge in [0.2, 0.25) is 0 Å². The molecule has 2 unspecified atom stereocenters. The number of nitrogens with zero attached hydrogens (tertiary/aromatic N) is 1. The Morgan fingerprint density at radius 1 is 1.07 bits per heavy atom. The van der Waals surface area contributed by atoms with Crippen molar-refractivity contribution in [1.82, 2.24) is 10.2 Å². The van der Waals surface area contributed by atoms with Gasteiger partial charge < -0.3 is 10.2 Å². The van der Waals surface area contributed by atoms with Crippen molar-refractivity contribution in [1.29, 1.82) is 0 Å². The molecular weight excluding hydrogens is 231 g/mol. The van der Waals surface area contributed by atoms with E-state index >= 15 is 0 Å². The van der Waals surface area contributed by atoms with Gasteiger partial charge in [-0.2, -0.15) is 0 Å². The van der Waals surface area contributed by atoms with E-state index in [4.69, 9.17) is 0 Å². The van der Waals surface area contributed by atoms with Crippen molar-refractivity contribution in [2.24, 2.45) is 0 Å². The summed E-state index contributed by atoms with van der Waals surface area (Å²) in [5.41, 5.74) is 0. The van der Waals surface area contributed by atoms with E-state index in [1.54, 1.807) is 0 Å². The summed E-state index contributed by atoms with van der Waals surface area (Å²) >= 11 is 0. The van der Waals surface area contributed by atoms with E-state index in [1.165, 1.54) is 51.7 Å². The lowest BCUT2D eigenvalue weighted by Crippen LogP contribution is -2.48. The fourth-order valence-corrected chi connectivity index (χ4v) is 2.72. The first kappa shape index (κ1) is 15.5. The smallest absolute Gasteiger partial charge is 0.0122 e. The Morgan fingerprint density at radius 2 is 1.73 bits per heavy atom. The van der Waals surface area contributed by atoms with Gasteiger partial charge in [-0.25, -0.2) is 0 Å². The predicted molar refractivity (Wildman–Crippen MR) is 70.4 cm³/mol. The molecule has 0 radical (unpaired) electrons. The summed E-state index contributed by atoms with van der Waals surface area (Å²) in [4.78, 5) is 2.72. The molecule has 0 amide bonds. The van der Waals surface area contributed by atoms with E-state index in [9.17, 15) is 0 Å². The molecule has 2 fully saturated rings. The zero-order valence-electron chi connectivity index (χ0n) is 9.58. The molecule has 0 bridgehead atoms. The van der Waals surface area contributed by atoms with Crippen LogP contribution in [0.4, 0.5) is 0 Å². The summed E-state index contributed by atoms with van der Waals surface area (Å²) in [6.07, 6.45) is 7.04. The van der Waals surface area contributed by atoms with E-state index in [0.29, 0.717) is 0 Å². The van der Waals surface area contributed by atoms with Gasteiger partial charge in [0.05, 0.1) is 0 Å². The molecule has 0 aliphatic carbocycles. The molecule has 15 heavy (non-hydrogen) atoms. The molecule has 0 spiro atoms. The van der Waals surface area contributed by atoms with Crippen molar-refractivity contribution in [3.8, 4) is 0 Å². The molecule has 0 aromatic heterocycles. The van der Waals surface area contributed by atoms with Crippen LogP contribution in [0.2, 0.25) is 0 Å². The quantitative estimate of drug-likeness (QED) is 0.774. The van der Waals surface area contributed by atoms with Gasteiger partial charge in [0.15, 0.2) is 0 Å². The number of hydrogen-bond acceptors (Lipinski definition) is 2. The van der Waals surface area contributed by atoms with E-state index in [1.807, 2.05) is 0 Å². The van der Waals surface area contributed by atoms with Crippen molar-refractivity contribution < 1.29 is 0 Å². The molecule has 0 saturated carbocycles. The first-order chi connectivity index (χ1) is 6.36. The first-order valence-electron chi connectivity index (χ1n) is 5.83. The summed E-state index contributed by atoms with van der Waals surface area (Å²) in [6, 6.07) is 1.62. The van der Waals surface area contributed by atoms with E-state index in [-0.39, 0.29) is 24.8 Å². The number of piperidine rings is 2. The second kappa shape index (κ2) is 7.72. The monoisotopic (exact) mass is 254 g/mol. The third kappa shape index (κ3) is 4.48. The van der Waals surface area contributed by atoms with Crippen LogP contribution < -0.4 is 5.32 Å². The zero-order chi connectivity index (χ0) is 9.10. The van der Waals surface area contributed by atoms with E-state index in [2.05, 4.69) is 17.1 Å². The van der Waals surface area contributed by atoms with Gasteiger partial charge in [-0.3, -0.25) is 0 Å². The lowest BCUT2D eigenvalue weighted by atomic mass is 9.97. The van der Waals surface area contributed by atoms with Crippen molar-refractivity contribution >= 4 is 24.8 Å². The Labute approximate surface area is 106 Å². The number of rotatable bonds is 1. The second-order valence-corrected chi connectivity index (χ2v) is 4.63. The minimum absolute atomic E-state index is 0. The molecule has 2 atom stereocenters. The minimum atomic E-state index is 0. The zero-order valence-corrected chi connectivity index (χ0v) is 11.2. The van der Waals surface area contributed by atoms with Gasteiger partial charge in [-0.15, -0.1) is 24.8 Å². The number of hydrogen-bond donors (Lipinski definition) is 1.